The Morgan fingerprint density at radius 2 is 2.06 bits per heavy atom. The summed E-state index contributed by atoms with van der Waals surface area (Å²) in [5, 5.41) is 3.45. The van der Waals surface area contributed by atoms with E-state index in [9.17, 15) is 4.39 Å². The highest BCUT2D eigenvalue weighted by Crippen LogP contribution is 2.22. The van der Waals surface area contributed by atoms with Crippen molar-refractivity contribution in [2.45, 2.75) is 26.3 Å². The lowest BCUT2D eigenvalue weighted by molar-refractivity contribution is 0.353. The summed E-state index contributed by atoms with van der Waals surface area (Å²) in [5.74, 6) is -0.147. The van der Waals surface area contributed by atoms with E-state index in [-0.39, 0.29) is 11.4 Å². The van der Waals surface area contributed by atoms with Crippen molar-refractivity contribution in [3.8, 4) is 0 Å². The number of anilines is 1. The Morgan fingerprint density at radius 1 is 1.31 bits per heavy atom. The second-order valence-corrected chi connectivity index (χ2v) is 5.22. The molecule has 0 atom stereocenters. The first-order valence-corrected chi connectivity index (χ1v) is 5.73. The standard InChI is InChI=1S/C13H19FN2/c1-10-6-11(14)8-12(7-10)16-5-4-15-13(2,3)9-16/h6-8,15H,4-5,9H2,1-3H3. The van der Waals surface area contributed by atoms with E-state index in [1.165, 1.54) is 0 Å². The van der Waals surface area contributed by atoms with E-state index >= 15 is 0 Å². The van der Waals surface area contributed by atoms with Crippen molar-refractivity contribution in [1.82, 2.24) is 5.32 Å². The fourth-order valence-electron chi connectivity index (χ4n) is 2.26. The molecule has 1 aromatic rings. The molecule has 0 spiro atoms. The number of halogens is 1. The fraction of sp³-hybridized carbons (Fsp3) is 0.538. The van der Waals surface area contributed by atoms with Gasteiger partial charge in [0, 0.05) is 30.9 Å². The molecule has 1 heterocycles. The molecule has 0 bridgehead atoms. The maximum Gasteiger partial charge on any atom is 0.125 e. The number of hydrogen-bond acceptors (Lipinski definition) is 2. The number of aryl methyl sites for hydroxylation is 1. The second-order valence-electron chi connectivity index (χ2n) is 5.22. The third-order valence-electron chi connectivity index (χ3n) is 2.96. The maximum atomic E-state index is 13.3. The molecule has 0 aromatic heterocycles. The Bertz CT molecular complexity index is 367. The van der Waals surface area contributed by atoms with Gasteiger partial charge in [0.25, 0.3) is 0 Å². The molecule has 1 fully saturated rings. The summed E-state index contributed by atoms with van der Waals surface area (Å²) >= 11 is 0. The summed E-state index contributed by atoms with van der Waals surface area (Å²) in [6, 6.07) is 5.23. The molecule has 1 N–H and O–H groups in total. The number of nitrogens with one attached hydrogen (secondary N) is 1. The Kier molecular flexibility index (Phi) is 2.89. The molecule has 0 amide bonds. The van der Waals surface area contributed by atoms with Gasteiger partial charge in [-0.05, 0) is 44.5 Å². The van der Waals surface area contributed by atoms with Gasteiger partial charge in [0.05, 0.1) is 0 Å². The highest BCUT2D eigenvalue weighted by Gasteiger charge is 2.25. The SMILES string of the molecule is Cc1cc(F)cc(N2CCNC(C)(C)C2)c1. The van der Waals surface area contributed by atoms with Crippen LogP contribution in [0.5, 0.6) is 0 Å². The number of nitrogens with zero attached hydrogens (tertiary/aromatic N) is 1. The van der Waals surface area contributed by atoms with Crippen LogP contribution in [-0.2, 0) is 0 Å². The number of rotatable bonds is 1. The largest absolute Gasteiger partial charge is 0.368 e. The molecular formula is C13H19FN2. The fourth-order valence-corrected chi connectivity index (χ4v) is 2.26. The van der Waals surface area contributed by atoms with E-state index in [1.54, 1.807) is 12.1 Å². The van der Waals surface area contributed by atoms with Gasteiger partial charge in [-0.25, -0.2) is 4.39 Å². The molecule has 1 aromatic carbocycles. The zero-order valence-corrected chi connectivity index (χ0v) is 10.2. The van der Waals surface area contributed by atoms with Crippen LogP contribution in [0.1, 0.15) is 19.4 Å². The minimum atomic E-state index is -0.147. The minimum absolute atomic E-state index is 0.0957. The van der Waals surface area contributed by atoms with Crippen LogP contribution in [0, 0.1) is 12.7 Å². The number of hydrogen-bond donors (Lipinski definition) is 1. The van der Waals surface area contributed by atoms with Crippen molar-refractivity contribution in [1.29, 1.82) is 0 Å². The van der Waals surface area contributed by atoms with Crippen molar-refractivity contribution in [2.75, 3.05) is 24.5 Å². The van der Waals surface area contributed by atoms with Crippen LogP contribution in [0.25, 0.3) is 0 Å². The molecule has 2 nitrogen and oxygen atoms in total. The molecule has 0 unspecified atom stereocenters. The maximum absolute atomic E-state index is 13.3. The van der Waals surface area contributed by atoms with E-state index in [4.69, 9.17) is 0 Å². The topological polar surface area (TPSA) is 15.3 Å². The Hall–Kier alpha value is -1.09. The first kappa shape index (κ1) is 11.4. The van der Waals surface area contributed by atoms with Gasteiger partial charge in [0.2, 0.25) is 0 Å². The lowest BCUT2D eigenvalue weighted by atomic mass is 10.0. The van der Waals surface area contributed by atoms with Gasteiger partial charge in [-0.1, -0.05) is 0 Å². The minimum Gasteiger partial charge on any atom is -0.368 e. The van der Waals surface area contributed by atoms with E-state index in [0.717, 1.165) is 30.9 Å². The van der Waals surface area contributed by atoms with E-state index in [0.29, 0.717) is 0 Å². The average Bonchev–Trinajstić information content (AvgIpc) is 2.14. The molecule has 1 aliphatic heterocycles. The molecule has 1 aliphatic rings. The predicted molar refractivity (Wildman–Crippen MR) is 65.4 cm³/mol. The normalized spacial score (nSPS) is 19.9. The quantitative estimate of drug-likeness (QED) is 0.784. The van der Waals surface area contributed by atoms with Crippen LogP contribution in [0.15, 0.2) is 18.2 Å². The predicted octanol–water partition coefficient (Wildman–Crippen LogP) is 2.32. The lowest BCUT2D eigenvalue weighted by Crippen LogP contribution is -2.57. The van der Waals surface area contributed by atoms with Crippen molar-refractivity contribution < 1.29 is 4.39 Å². The molecule has 0 radical (unpaired) electrons. The zero-order chi connectivity index (χ0) is 11.8. The highest BCUT2D eigenvalue weighted by molar-refractivity contribution is 5.49. The molecule has 3 heteroatoms. The van der Waals surface area contributed by atoms with Crippen LogP contribution in [0.3, 0.4) is 0 Å². The molecule has 0 aliphatic carbocycles. The van der Waals surface area contributed by atoms with Gasteiger partial charge in [0.15, 0.2) is 0 Å². The molecule has 0 saturated carbocycles. The van der Waals surface area contributed by atoms with Crippen LogP contribution in [0.4, 0.5) is 10.1 Å². The van der Waals surface area contributed by atoms with E-state index in [1.807, 2.05) is 13.0 Å². The number of piperazine rings is 1. The van der Waals surface area contributed by atoms with Crippen molar-refractivity contribution >= 4 is 5.69 Å². The zero-order valence-electron chi connectivity index (χ0n) is 10.2. The molecule has 88 valence electrons. The Labute approximate surface area is 96.5 Å². The number of benzene rings is 1. The molecular weight excluding hydrogens is 203 g/mol. The summed E-state index contributed by atoms with van der Waals surface area (Å²) in [5.41, 5.74) is 2.07. The van der Waals surface area contributed by atoms with Gasteiger partial charge < -0.3 is 10.2 Å². The molecule has 16 heavy (non-hydrogen) atoms. The van der Waals surface area contributed by atoms with Gasteiger partial charge in [-0.3, -0.25) is 0 Å². The van der Waals surface area contributed by atoms with Crippen molar-refractivity contribution in [3.05, 3.63) is 29.6 Å². The van der Waals surface area contributed by atoms with Crippen molar-refractivity contribution in [3.63, 3.8) is 0 Å². The Morgan fingerprint density at radius 3 is 2.69 bits per heavy atom. The van der Waals surface area contributed by atoms with Gasteiger partial charge >= 0.3 is 0 Å². The van der Waals surface area contributed by atoms with Crippen LogP contribution in [0.2, 0.25) is 0 Å². The van der Waals surface area contributed by atoms with Crippen molar-refractivity contribution in [2.24, 2.45) is 0 Å². The third-order valence-corrected chi connectivity index (χ3v) is 2.96. The highest BCUT2D eigenvalue weighted by atomic mass is 19.1. The van der Waals surface area contributed by atoms with Gasteiger partial charge in [-0.15, -0.1) is 0 Å². The third kappa shape index (κ3) is 2.53. The first-order chi connectivity index (χ1) is 7.46. The lowest BCUT2D eigenvalue weighted by Gasteiger charge is -2.40. The average molecular weight is 222 g/mol. The summed E-state index contributed by atoms with van der Waals surface area (Å²) in [7, 11) is 0. The summed E-state index contributed by atoms with van der Waals surface area (Å²) in [6.07, 6.45) is 0. The van der Waals surface area contributed by atoms with Gasteiger partial charge in [-0.2, -0.15) is 0 Å². The van der Waals surface area contributed by atoms with Gasteiger partial charge in [0.1, 0.15) is 5.82 Å². The Balaban J connectivity index is 2.23. The van der Waals surface area contributed by atoms with E-state index in [2.05, 4.69) is 24.1 Å². The second kappa shape index (κ2) is 4.06. The summed E-state index contributed by atoms with van der Waals surface area (Å²) in [4.78, 5) is 2.24. The van der Waals surface area contributed by atoms with Crippen LogP contribution in [-0.4, -0.2) is 25.2 Å². The molecule has 1 saturated heterocycles. The van der Waals surface area contributed by atoms with Crippen LogP contribution < -0.4 is 10.2 Å². The monoisotopic (exact) mass is 222 g/mol. The first-order valence-electron chi connectivity index (χ1n) is 5.73. The summed E-state index contributed by atoms with van der Waals surface area (Å²) in [6.45, 7) is 9.07. The van der Waals surface area contributed by atoms with Crippen LogP contribution >= 0.6 is 0 Å². The summed E-state index contributed by atoms with van der Waals surface area (Å²) < 4.78 is 13.3. The smallest absolute Gasteiger partial charge is 0.125 e. The van der Waals surface area contributed by atoms with E-state index < -0.39 is 0 Å². The molecule has 2 rings (SSSR count).